The lowest BCUT2D eigenvalue weighted by molar-refractivity contribution is 0.00391. The van der Waals surface area contributed by atoms with Gasteiger partial charge < -0.3 is 15.4 Å². The predicted octanol–water partition coefficient (Wildman–Crippen LogP) is 2.02. The molecule has 0 radical (unpaired) electrons. The fourth-order valence-corrected chi connectivity index (χ4v) is 4.43. The second-order valence-corrected chi connectivity index (χ2v) is 6.69. The number of nitrogens with zero attached hydrogens (tertiary/aromatic N) is 2. The minimum Gasteiger partial charge on any atom is -0.378 e. The van der Waals surface area contributed by atoms with E-state index in [-0.39, 0.29) is 35.9 Å². The molecular formula is C19H23ClN4O2. The number of nitrogens with one attached hydrogen (secondary N) is 2. The molecule has 0 unspecified atom stereocenters. The maximum atomic E-state index is 12.7. The van der Waals surface area contributed by atoms with E-state index in [0.29, 0.717) is 5.69 Å². The first kappa shape index (κ1) is 18.8. The molecule has 2 aromatic rings. The van der Waals surface area contributed by atoms with Crippen LogP contribution in [-0.4, -0.2) is 42.2 Å². The number of rotatable bonds is 3. The Kier molecular flexibility index (Phi) is 5.55. The molecule has 2 heterocycles. The molecule has 1 aromatic carbocycles. The first-order valence-corrected chi connectivity index (χ1v) is 8.66. The molecular weight excluding hydrogens is 352 g/mol. The fourth-order valence-electron chi connectivity index (χ4n) is 4.43. The summed E-state index contributed by atoms with van der Waals surface area (Å²) in [7, 11) is 1.74. The number of benzene rings is 1. The van der Waals surface area contributed by atoms with Crippen molar-refractivity contribution in [1.82, 2.24) is 20.6 Å². The summed E-state index contributed by atoms with van der Waals surface area (Å²) in [5.74, 6) is -0.221. The average molecular weight is 375 g/mol. The zero-order valence-corrected chi connectivity index (χ0v) is 15.5. The van der Waals surface area contributed by atoms with Gasteiger partial charge in [0.05, 0.1) is 18.3 Å². The van der Waals surface area contributed by atoms with Gasteiger partial charge in [0.25, 0.3) is 5.91 Å². The number of ether oxygens (including phenoxy) is 1. The Morgan fingerprint density at radius 3 is 2.73 bits per heavy atom. The second-order valence-electron chi connectivity index (χ2n) is 6.69. The van der Waals surface area contributed by atoms with E-state index in [1.807, 2.05) is 6.07 Å². The second kappa shape index (κ2) is 7.70. The Morgan fingerprint density at radius 1 is 1.27 bits per heavy atom. The lowest BCUT2D eigenvalue weighted by atomic mass is 9.72. The number of fused-ring (bicyclic) bond motifs is 2. The van der Waals surface area contributed by atoms with E-state index >= 15 is 0 Å². The van der Waals surface area contributed by atoms with E-state index in [9.17, 15) is 4.79 Å². The van der Waals surface area contributed by atoms with Crippen LogP contribution in [0.1, 0.15) is 40.5 Å². The maximum Gasteiger partial charge on any atom is 0.272 e. The van der Waals surface area contributed by atoms with Crippen molar-refractivity contribution in [2.75, 3.05) is 20.2 Å². The first-order chi connectivity index (χ1) is 12.3. The largest absolute Gasteiger partial charge is 0.378 e. The van der Waals surface area contributed by atoms with Crippen LogP contribution in [0.2, 0.25) is 0 Å². The van der Waals surface area contributed by atoms with Crippen LogP contribution in [0.4, 0.5) is 0 Å². The van der Waals surface area contributed by atoms with Crippen LogP contribution in [0, 0.1) is 0 Å². The number of hydrogen-bond acceptors (Lipinski definition) is 5. The predicted molar refractivity (Wildman–Crippen MR) is 101 cm³/mol. The highest BCUT2D eigenvalue weighted by atomic mass is 35.5. The highest BCUT2D eigenvalue weighted by Gasteiger charge is 2.53. The summed E-state index contributed by atoms with van der Waals surface area (Å²) in [5.41, 5.74) is 2.71. The molecule has 0 saturated carbocycles. The van der Waals surface area contributed by atoms with Crippen molar-refractivity contribution in [3.63, 3.8) is 0 Å². The molecule has 1 aliphatic carbocycles. The van der Waals surface area contributed by atoms with Gasteiger partial charge >= 0.3 is 0 Å². The summed E-state index contributed by atoms with van der Waals surface area (Å²) in [6.45, 7) is 1.91. The summed E-state index contributed by atoms with van der Waals surface area (Å²) in [6, 6.07) is 8.18. The lowest BCUT2D eigenvalue weighted by Crippen LogP contribution is -2.49. The highest BCUT2D eigenvalue weighted by Crippen LogP contribution is 2.51. The van der Waals surface area contributed by atoms with Gasteiger partial charge in [0.2, 0.25) is 0 Å². The summed E-state index contributed by atoms with van der Waals surface area (Å²) in [5, 5.41) is 6.57. The number of methoxy groups -OCH3 is 1. The van der Waals surface area contributed by atoms with Crippen LogP contribution in [0.25, 0.3) is 0 Å². The zero-order chi connectivity index (χ0) is 17.3. The van der Waals surface area contributed by atoms with Crippen molar-refractivity contribution in [2.45, 2.75) is 30.4 Å². The Labute approximate surface area is 159 Å². The summed E-state index contributed by atoms with van der Waals surface area (Å²) in [6.07, 6.45) is 6.48. The van der Waals surface area contributed by atoms with Gasteiger partial charge in [0.1, 0.15) is 5.69 Å². The van der Waals surface area contributed by atoms with Crippen molar-refractivity contribution in [2.24, 2.45) is 0 Å². The Balaban J connectivity index is 0.00000196. The van der Waals surface area contributed by atoms with Gasteiger partial charge in [-0.25, -0.2) is 4.98 Å². The molecule has 2 atom stereocenters. The van der Waals surface area contributed by atoms with Crippen molar-refractivity contribution < 1.29 is 9.53 Å². The molecule has 138 valence electrons. The Hall–Kier alpha value is -2.02. The van der Waals surface area contributed by atoms with Crippen LogP contribution >= 0.6 is 12.4 Å². The van der Waals surface area contributed by atoms with Gasteiger partial charge in [-0.3, -0.25) is 9.78 Å². The molecule has 7 heteroatoms. The van der Waals surface area contributed by atoms with Crippen LogP contribution in [0.5, 0.6) is 0 Å². The maximum absolute atomic E-state index is 12.7. The van der Waals surface area contributed by atoms with Gasteiger partial charge in [-0.15, -0.1) is 12.4 Å². The van der Waals surface area contributed by atoms with Gasteiger partial charge in [-0.05, 0) is 37.1 Å². The summed E-state index contributed by atoms with van der Waals surface area (Å²) < 4.78 is 5.96. The highest BCUT2D eigenvalue weighted by molar-refractivity contribution is 5.92. The molecule has 0 bridgehead atoms. The minimum atomic E-state index is -0.221. The van der Waals surface area contributed by atoms with Gasteiger partial charge in [0.15, 0.2) is 0 Å². The molecule has 1 aliphatic heterocycles. The molecule has 1 saturated heterocycles. The summed E-state index contributed by atoms with van der Waals surface area (Å²) >= 11 is 0. The van der Waals surface area contributed by atoms with Gasteiger partial charge in [0, 0.05) is 24.9 Å². The third kappa shape index (κ3) is 2.98. The molecule has 26 heavy (non-hydrogen) atoms. The number of aromatic nitrogens is 2. The molecule has 1 amide bonds. The van der Waals surface area contributed by atoms with Crippen molar-refractivity contribution in [3.8, 4) is 0 Å². The van der Waals surface area contributed by atoms with Crippen LogP contribution in [-0.2, 0) is 10.2 Å². The van der Waals surface area contributed by atoms with Crippen molar-refractivity contribution in [1.29, 1.82) is 0 Å². The minimum absolute atomic E-state index is 0. The average Bonchev–Trinajstić information content (AvgIpc) is 2.92. The number of amides is 1. The van der Waals surface area contributed by atoms with E-state index in [4.69, 9.17) is 4.74 Å². The van der Waals surface area contributed by atoms with E-state index < -0.39 is 0 Å². The number of piperidine rings is 1. The van der Waals surface area contributed by atoms with E-state index in [1.165, 1.54) is 18.0 Å². The molecule has 1 aromatic heterocycles. The standard InChI is InChI=1S/C19H22N4O2.ClH/c1-25-17-16(23-18(24)15-12-21-10-11-22-15)13-4-2-3-5-14(13)19(17)6-8-20-9-7-19;/h2-5,10-12,16-17,20H,6-9H2,1H3,(H,23,24);1H/t16-,17+;/m1./s1. The Morgan fingerprint density at radius 2 is 2.04 bits per heavy atom. The van der Waals surface area contributed by atoms with E-state index in [0.717, 1.165) is 31.5 Å². The van der Waals surface area contributed by atoms with E-state index in [1.54, 1.807) is 13.3 Å². The number of carbonyl (C=O) groups is 1. The normalized spacial score (nSPS) is 23.1. The molecule has 1 fully saturated rings. The van der Waals surface area contributed by atoms with Crippen LogP contribution < -0.4 is 10.6 Å². The SMILES string of the molecule is CO[C@H]1[C@H](NC(=O)c2cnccn2)c2ccccc2C12CCNCC2.Cl. The zero-order valence-electron chi connectivity index (χ0n) is 14.6. The van der Waals surface area contributed by atoms with Crippen molar-refractivity contribution in [3.05, 3.63) is 59.7 Å². The van der Waals surface area contributed by atoms with E-state index in [2.05, 4.69) is 38.8 Å². The lowest BCUT2D eigenvalue weighted by Gasteiger charge is -2.40. The smallest absolute Gasteiger partial charge is 0.272 e. The topological polar surface area (TPSA) is 76.1 Å². The Bertz CT molecular complexity index is 765. The van der Waals surface area contributed by atoms with Gasteiger partial charge in [-0.2, -0.15) is 0 Å². The quantitative estimate of drug-likeness (QED) is 0.859. The molecule has 1 spiro atoms. The molecule has 2 aliphatic rings. The van der Waals surface area contributed by atoms with Crippen LogP contribution in [0.3, 0.4) is 0 Å². The monoisotopic (exact) mass is 374 g/mol. The van der Waals surface area contributed by atoms with Gasteiger partial charge in [-0.1, -0.05) is 24.3 Å². The molecule has 6 nitrogen and oxygen atoms in total. The first-order valence-electron chi connectivity index (χ1n) is 8.66. The third-order valence-corrected chi connectivity index (χ3v) is 5.51. The molecule has 4 rings (SSSR count). The van der Waals surface area contributed by atoms with Crippen LogP contribution in [0.15, 0.2) is 42.9 Å². The number of hydrogen-bond donors (Lipinski definition) is 2. The third-order valence-electron chi connectivity index (χ3n) is 5.51. The van der Waals surface area contributed by atoms with Crippen molar-refractivity contribution >= 4 is 18.3 Å². The molecule has 2 N–H and O–H groups in total. The number of carbonyl (C=O) groups excluding carboxylic acids is 1. The fraction of sp³-hybridized carbons (Fsp3) is 0.421. The summed E-state index contributed by atoms with van der Waals surface area (Å²) in [4.78, 5) is 20.8. The number of halogens is 1.